The van der Waals surface area contributed by atoms with Gasteiger partial charge in [0.25, 0.3) is 0 Å². The van der Waals surface area contributed by atoms with Crippen LogP contribution in [0.1, 0.15) is 63.4 Å². The quantitative estimate of drug-likeness (QED) is 0.376. The lowest BCUT2D eigenvalue weighted by atomic mass is 9.91. The average molecular weight is 471 g/mol. The number of aryl methyl sites for hydroxylation is 1. The first-order valence-corrected chi connectivity index (χ1v) is 13.2. The first kappa shape index (κ1) is 24.0. The van der Waals surface area contributed by atoms with Crippen molar-refractivity contribution in [2.24, 2.45) is 11.8 Å². The molecule has 0 radical (unpaired) electrons. The first-order valence-electron chi connectivity index (χ1n) is 13.2. The lowest BCUT2D eigenvalue weighted by Gasteiger charge is -2.29. The third-order valence-electron chi connectivity index (χ3n) is 7.59. The number of benzene rings is 1. The van der Waals surface area contributed by atoms with Gasteiger partial charge in [0, 0.05) is 31.5 Å². The Hall–Kier alpha value is -1.73. The van der Waals surface area contributed by atoms with Crippen LogP contribution in [0.2, 0.25) is 0 Å². The Balaban J connectivity index is 1.27. The molecular formula is C28H38O6. The lowest BCUT2D eigenvalue weighted by molar-refractivity contribution is -0.194. The van der Waals surface area contributed by atoms with Crippen LogP contribution < -0.4 is 0 Å². The number of carbonyl (C=O) groups is 1. The highest BCUT2D eigenvalue weighted by molar-refractivity contribution is 5.72. The predicted molar refractivity (Wildman–Crippen MR) is 127 cm³/mol. The van der Waals surface area contributed by atoms with Gasteiger partial charge < -0.3 is 23.7 Å². The molecule has 1 aromatic carbocycles. The van der Waals surface area contributed by atoms with Crippen LogP contribution in [0, 0.1) is 11.8 Å². The second-order valence-corrected chi connectivity index (χ2v) is 10.1. The van der Waals surface area contributed by atoms with E-state index < -0.39 is 0 Å². The van der Waals surface area contributed by atoms with E-state index in [1.807, 2.05) is 6.07 Å². The van der Waals surface area contributed by atoms with Crippen LogP contribution in [0.5, 0.6) is 0 Å². The Morgan fingerprint density at radius 3 is 2.50 bits per heavy atom. The van der Waals surface area contributed by atoms with Crippen molar-refractivity contribution in [3.8, 4) is 0 Å². The van der Waals surface area contributed by atoms with Gasteiger partial charge in [-0.3, -0.25) is 4.79 Å². The zero-order valence-electron chi connectivity index (χ0n) is 20.0. The molecule has 5 rings (SSSR count). The highest BCUT2D eigenvalue weighted by Crippen LogP contribution is 2.44. The molecule has 3 saturated heterocycles. The van der Waals surface area contributed by atoms with E-state index in [4.69, 9.17) is 23.7 Å². The third-order valence-corrected chi connectivity index (χ3v) is 7.59. The van der Waals surface area contributed by atoms with Gasteiger partial charge in [0.2, 0.25) is 0 Å². The minimum absolute atomic E-state index is 0.00292. The highest BCUT2D eigenvalue weighted by Gasteiger charge is 2.50. The molecule has 0 amide bonds. The van der Waals surface area contributed by atoms with E-state index in [1.165, 1.54) is 5.56 Å². The zero-order valence-corrected chi connectivity index (χ0v) is 20.0. The molecule has 3 heterocycles. The summed E-state index contributed by atoms with van der Waals surface area (Å²) in [5.74, 6) is 0.198. The minimum atomic E-state index is -0.148. The van der Waals surface area contributed by atoms with E-state index in [-0.39, 0.29) is 48.7 Å². The van der Waals surface area contributed by atoms with Crippen molar-refractivity contribution in [2.45, 2.75) is 95.1 Å². The molecule has 34 heavy (non-hydrogen) atoms. The average Bonchev–Trinajstić information content (AvgIpc) is 3.38. The summed E-state index contributed by atoms with van der Waals surface area (Å²) in [6.07, 6.45) is 13.4. The maximum atomic E-state index is 12.0. The van der Waals surface area contributed by atoms with E-state index in [0.29, 0.717) is 6.42 Å². The van der Waals surface area contributed by atoms with E-state index in [9.17, 15) is 4.79 Å². The van der Waals surface area contributed by atoms with Crippen LogP contribution in [-0.4, -0.2) is 50.1 Å². The summed E-state index contributed by atoms with van der Waals surface area (Å²) in [4.78, 5) is 12.0. The van der Waals surface area contributed by atoms with Crippen molar-refractivity contribution < 1.29 is 28.5 Å². The minimum Gasteiger partial charge on any atom is -0.462 e. The Morgan fingerprint density at radius 1 is 1.00 bits per heavy atom. The number of rotatable bonds is 9. The number of hydrogen-bond donors (Lipinski definition) is 0. The number of ether oxygens (including phenoxy) is 5. The molecule has 186 valence electrons. The summed E-state index contributed by atoms with van der Waals surface area (Å²) >= 11 is 0. The largest absolute Gasteiger partial charge is 0.462 e. The van der Waals surface area contributed by atoms with Gasteiger partial charge in [-0.1, -0.05) is 42.5 Å². The van der Waals surface area contributed by atoms with Crippen molar-refractivity contribution >= 4 is 5.97 Å². The second kappa shape index (κ2) is 11.8. The standard InChI is InChI=1S/C28H38O6/c29-26-18-23-22(24(19-25(23)33-26)34-28-11-5-7-17-31-28)15-14-21(32-27-10-4-6-16-30-27)13-12-20-8-2-1-3-9-20/h1-3,8-9,14-15,21-25,27-28H,4-7,10-13,16-19H2/t21?,22-,23-,24-,25+,27?,28?/m1/s1. The van der Waals surface area contributed by atoms with Crippen LogP contribution in [0.25, 0.3) is 0 Å². The third kappa shape index (κ3) is 6.28. The fraction of sp³-hybridized carbons (Fsp3) is 0.679. The number of esters is 1. The summed E-state index contributed by atoms with van der Waals surface area (Å²) in [6, 6.07) is 10.5. The Morgan fingerprint density at radius 2 is 1.76 bits per heavy atom. The topological polar surface area (TPSA) is 63.2 Å². The molecular weight excluding hydrogens is 432 g/mol. The van der Waals surface area contributed by atoms with E-state index in [2.05, 4.69) is 36.4 Å². The molecule has 1 saturated carbocycles. The van der Waals surface area contributed by atoms with E-state index in [0.717, 1.165) is 71.0 Å². The molecule has 0 N–H and O–H groups in total. The van der Waals surface area contributed by atoms with Crippen molar-refractivity contribution in [1.82, 2.24) is 0 Å². The van der Waals surface area contributed by atoms with Crippen molar-refractivity contribution in [1.29, 1.82) is 0 Å². The van der Waals surface area contributed by atoms with Crippen molar-refractivity contribution in [3.05, 3.63) is 48.0 Å². The van der Waals surface area contributed by atoms with Gasteiger partial charge in [-0.2, -0.15) is 0 Å². The smallest absolute Gasteiger partial charge is 0.306 e. The maximum absolute atomic E-state index is 12.0. The molecule has 0 aromatic heterocycles. The molecule has 0 spiro atoms. The number of fused-ring (bicyclic) bond motifs is 1. The van der Waals surface area contributed by atoms with Crippen molar-refractivity contribution in [2.75, 3.05) is 13.2 Å². The lowest BCUT2D eigenvalue weighted by Crippen LogP contribution is -2.31. The van der Waals surface area contributed by atoms with E-state index in [1.54, 1.807) is 0 Å². The highest BCUT2D eigenvalue weighted by atomic mass is 16.7. The summed E-state index contributed by atoms with van der Waals surface area (Å²) in [5.41, 5.74) is 1.31. The summed E-state index contributed by atoms with van der Waals surface area (Å²) in [5, 5.41) is 0. The van der Waals surface area contributed by atoms with Crippen LogP contribution in [0.4, 0.5) is 0 Å². The Labute approximate surface area is 202 Å². The SMILES string of the molecule is O=C1C[C@@H]2[C@@H](C=CC(CCc3ccccc3)OC3CCCCO3)[C@H](OC3CCCCO3)C[C@@H]2O1. The van der Waals surface area contributed by atoms with Gasteiger partial charge in [0.1, 0.15) is 6.10 Å². The van der Waals surface area contributed by atoms with Crippen molar-refractivity contribution in [3.63, 3.8) is 0 Å². The fourth-order valence-corrected chi connectivity index (χ4v) is 5.75. The fourth-order valence-electron chi connectivity index (χ4n) is 5.75. The van der Waals surface area contributed by atoms with Crippen LogP contribution >= 0.6 is 0 Å². The summed E-state index contributed by atoms with van der Waals surface area (Å²) < 4.78 is 30.2. The molecule has 7 atom stereocenters. The Bertz CT molecular complexity index is 798. The monoisotopic (exact) mass is 470 g/mol. The van der Waals surface area contributed by atoms with E-state index >= 15 is 0 Å². The maximum Gasteiger partial charge on any atom is 0.306 e. The summed E-state index contributed by atoms with van der Waals surface area (Å²) in [6.45, 7) is 1.53. The van der Waals surface area contributed by atoms with Crippen LogP contribution in [-0.2, 0) is 34.9 Å². The van der Waals surface area contributed by atoms with Gasteiger partial charge in [-0.25, -0.2) is 0 Å². The van der Waals surface area contributed by atoms with Gasteiger partial charge in [-0.05, 0) is 56.9 Å². The van der Waals surface area contributed by atoms with Gasteiger partial charge >= 0.3 is 5.97 Å². The summed E-state index contributed by atoms with van der Waals surface area (Å²) in [7, 11) is 0. The first-order chi connectivity index (χ1) is 16.7. The molecule has 4 aliphatic rings. The molecule has 6 heteroatoms. The van der Waals surface area contributed by atoms with Crippen LogP contribution in [0.15, 0.2) is 42.5 Å². The Kier molecular flexibility index (Phi) is 8.33. The molecule has 3 aliphatic heterocycles. The molecule has 0 bridgehead atoms. The van der Waals surface area contributed by atoms with Gasteiger partial charge in [0.15, 0.2) is 12.6 Å². The number of carbonyl (C=O) groups excluding carboxylic acids is 1. The molecule has 1 aromatic rings. The van der Waals surface area contributed by atoms with Gasteiger partial charge in [0.05, 0.1) is 18.6 Å². The molecule has 1 aliphatic carbocycles. The second-order valence-electron chi connectivity index (χ2n) is 10.1. The predicted octanol–water partition coefficient (Wildman–Crippen LogP) is 4.95. The molecule has 6 nitrogen and oxygen atoms in total. The molecule has 3 unspecified atom stereocenters. The number of hydrogen-bond acceptors (Lipinski definition) is 6. The van der Waals surface area contributed by atoms with Crippen LogP contribution in [0.3, 0.4) is 0 Å². The zero-order chi connectivity index (χ0) is 23.2. The normalized spacial score (nSPS) is 34.8. The molecule has 4 fully saturated rings. The van der Waals surface area contributed by atoms with Gasteiger partial charge in [-0.15, -0.1) is 0 Å².